The lowest BCUT2D eigenvalue weighted by Gasteiger charge is -2.33. The standard InChI is InChI=1S/C14H26N6O2/c1-17(2)6-7-22-10-11-8-20(14(21)18(3)4)9-12-13(11)19(5)16-15-12/h11H,6-10H2,1-5H3/t11-/m0/s1. The largest absolute Gasteiger partial charge is 0.379 e. The highest BCUT2D eigenvalue weighted by Crippen LogP contribution is 2.27. The van der Waals surface area contributed by atoms with Gasteiger partial charge in [0.05, 0.1) is 25.5 Å². The molecule has 0 bridgehead atoms. The molecule has 124 valence electrons. The molecule has 1 aromatic rings. The fourth-order valence-corrected chi connectivity index (χ4v) is 2.65. The van der Waals surface area contributed by atoms with E-state index in [9.17, 15) is 4.79 Å². The molecule has 1 atom stereocenters. The van der Waals surface area contributed by atoms with Crippen LogP contribution in [0.1, 0.15) is 17.3 Å². The molecule has 8 nitrogen and oxygen atoms in total. The van der Waals surface area contributed by atoms with Crippen molar-refractivity contribution < 1.29 is 9.53 Å². The first-order valence-corrected chi connectivity index (χ1v) is 7.47. The molecular formula is C14H26N6O2. The van der Waals surface area contributed by atoms with Crippen LogP contribution in [0.3, 0.4) is 0 Å². The zero-order valence-electron chi connectivity index (χ0n) is 14.1. The number of likely N-dealkylation sites (N-methyl/N-ethyl adjacent to an activating group) is 1. The summed E-state index contributed by atoms with van der Waals surface area (Å²) in [5, 5.41) is 8.29. The van der Waals surface area contributed by atoms with Gasteiger partial charge in [0.2, 0.25) is 0 Å². The van der Waals surface area contributed by atoms with Gasteiger partial charge in [0.25, 0.3) is 0 Å². The van der Waals surface area contributed by atoms with Crippen molar-refractivity contribution in [2.75, 3.05) is 54.5 Å². The predicted molar refractivity (Wildman–Crippen MR) is 82.6 cm³/mol. The Balaban J connectivity index is 2.06. The Morgan fingerprint density at radius 1 is 1.36 bits per heavy atom. The number of aryl methyl sites for hydroxylation is 1. The van der Waals surface area contributed by atoms with Gasteiger partial charge in [-0.3, -0.25) is 4.68 Å². The van der Waals surface area contributed by atoms with Gasteiger partial charge in [-0.2, -0.15) is 0 Å². The third-order valence-corrected chi connectivity index (χ3v) is 3.77. The number of carbonyl (C=O) groups excluding carboxylic acids is 1. The summed E-state index contributed by atoms with van der Waals surface area (Å²) in [7, 11) is 9.45. The highest BCUT2D eigenvalue weighted by molar-refractivity contribution is 5.74. The number of urea groups is 1. The average Bonchev–Trinajstić information content (AvgIpc) is 2.84. The number of aromatic nitrogens is 3. The topological polar surface area (TPSA) is 66.7 Å². The Hall–Kier alpha value is -1.67. The van der Waals surface area contributed by atoms with Crippen molar-refractivity contribution in [1.82, 2.24) is 29.7 Å². The maximum Gasteiger partial charge on any atom is 0.319 e. The Morgan fingerprint density at radius 2 is 2.09 bits per heavy atom. The second kappa shape index (κ2) is 7.06. The highest BCUT2D eigenvalue weighted by atomic mass is 16.5. The summed E-state index contributed by atoms with van der Waals surface area (Å²) in [4.78, 5) is 17.7. The lowest BCUT2D eigenvalue weighted by atomic mass is 9.99. The minimum atomic E-state index is -0.00501. The Kier molecular flexibility index (Phi) is 5.36. The molecule has 0 spiro atoms. The summed E-state index contributed by atoms with van der Waals surface area (Å²) in [6.45, 7) is 3.26. The third kappa shape index (κ3) is 3.75. The van der Waals surface area contributed by atoms with Crippen molar-refractivity contribution >= 4 is 6.03 Å². The Bertz CT molecular complexity index is 513. The van der Waals surface area contributed by atoms with Crippen LogP contribution in [0.4, 0.5) is 4.79 Å². The molecule has 0 aliphatic carbocycles. The van der Waals surface area contributed by atoms with Crippen LogP contribution in [0.5, 0.6) is 0 Å². The van der Waals surface area contributed by atoms with Gasteiger partial charge in [0, 0.05) is 40.2 Å². The van der Waals surface area contributed by atoms with Gasteiger partial charge in [-0.15, -0.1) is 5.10 Å². The van der Waals surface area contributed by atoms with E-state index in [2.05, 4.69) is 15.2 Å². The van der Waals surface area contributed by atoms with Crippen molar-refractivity contribution in [3.63, 3.8) is 0 Å². The minimum Gasteiger partial charge on any atom is -0.379 e. The van der Waals surface area contributed by atoms with E-state index in [0.29, 0.717) is 26.3 Å². The van der Waals surface area contributed by atoms with Gasteiger partial charge in [-0.25, -0.2) is 4.79 Å². The summed E-state index contributed by atoms with van der Waals surface area (Å²) in [6, 6.07) is -0.00501. The van der Waals surface area contributed by atoms with Crippen LogP contribution in [0, 0.1) is 0 Å². The molecule has 0 radical (unpaired) electrons. The number of carbonyl (C=O) groups is 1. The molecule has 0 saturated carbocycles. The van der Waals surface area contributed by atoms with E-state index < -0.39 is 0 Å². The number of ether oxygens (including phenoxy) is 1. The molecule has 22 heavy (non-hydrogen) atoms. The van der Waals surface area contributed by atoms with Crippen molar-refractivity contribution in [3.05, 3.63) is 11.4 Å². The molecular weight excluding hydrogens is 284 g/mol. The van der Waals surface area contributed by atoms with Gasteiger partial charge >= 0.3 is 6.03 Å². The molecule has 2 heterocycles. The van der Waals surface area contributed by atoms with E-state index in [-0.39, 0.29) is 11.9 Å². The van der Waals surface area contributed by atoms with E-state index in [0.717, 1.165) is 17.9 Å². The normalized spacial score (nSPS) is 17.7. The smallest absolute Gasteiger partial charge is 0.319 e. The van der Waals surface area contributed by atoms with Crippen LogP contribution in [0.15, 0.2) is 0 Å². The van der Waals surface area contributed by atoms with Crippen LogP contribution >= 0.6 is 0 Å². The van der Waals surface area contributed by atoms with Gasteiger partial charge in [0.15, 0.2) is 0 Å². The molecule has 0 aromatic carbocycles. The molecule has 0 unspecified atom stereocenters. The van der Waals surface area contributed by atoms with E-state index in [1.54, 1.807) is 28.6 Å². The molecule has 1 aliphatic rings. The number of hydrogen-bond acceptors (Lipinski definition) is 5. The second-order valence-corrected chi connectivity index (χ2v) is 6.18. The quantitative estimate of drug-likeness (QED) is 0.715. The Labute approximate surface area is 131 Å². The average molecular weight is 310 g/mol. The number of hydrogen-bond donors (Lipinski definition) is 0. The monoisotopic (exact) mass is 310 g/mol. The van der Waals surface area contributed by atoms with E-state index in [1.165, 1.54) is 0 Å². The van der Waals surface area contributed by atoms with Crippen LogP contribution < -0.4 is 0 Å². The first kappa shape index (κ1) is 16.7. The summed E-state index contributed by atoms with van der Waals surface area (Å²) in [5.74, 6) is 0.106. The number of nitrogens with zero attached hydrogens (tertiary/aromatic N) is 6. The zero-order chi connectivity index (χ0) is 16.3. The summed E-state index contributed by atoms with van der Waals surface area (Å²) >= 11 is 0. The lowest BCUT2D eigenvalue weighted by Crippen LogP contribution is -2.44. The van der Waals surface area contributed by atoms with Crippen LogP contribution in [-0.4, -0.2) is 90.2 Å². The first-order valence-electron chi connectivity index (χ1n) is 7.47. The number of amides is 2. The molecule has 8 heteroatoms. The number of rotatable bonds is 5. The maximum atomic E-state index is 12.2. The van der Waals surface area contributed by atoms with Crippen molar-refractivity contribution in [2.24, 2.45) is 7.05 Å². The van der Waals surface area contributed by atoms with E-state index >= 15 is 0 Å². The summed E-state index contributed by atoms with van der Waals surface area (Å²) < 4.78 is 7.59. The summed E-state index contributed by atoms with van der Waals surface area (Å²) in [5.41, 5.74) is 1.94. The number of fused-ring (bicyclic) bond motifs is 1. The highest BCUT2D eigenvalue weighted by Gasteiger charge is 2.32. The van der Waals surface area contributed by atoms with Crippen LogP contribution in [0.25, 0.3) is 0 Å². The van der Waals surface area contributed by atoms with Gasteiger partial charge in [-0.05, 0) is 14.1 Å². The summed E-state index contributed by atoms with van der Waals surface area (Å²) in [6.07, 6.45) is 0. The SMILES string of the molecule is CN(C)CCOC[C@@H]1CN(C(=O)N(C)C)Cc2nnn(C)c21. The zero-order valence-corrected chi connectivity index (χ0v) is 14.1. The molecule has 1 aromatic heterocycles. The van der Waals surface area contributed by atoms with Crippen LogP contribution in [0.2, 0.25) is 0 Å². The Morgan fingerprint density at radius 3 is 2.73 bits per heavy atom. The van der Waals surface area contributed by atoms with Crippen molar-refractivity contribution in [1.29, 1.82) is 0 Å². The lowest BCUT2D eigenvalue weighted by molar-refractivity contribution is 0.0864. The van der Waals surface area contributed by atoms with E-state index in [1.807, 2.05) is 21.1 Å². The van der Waals surface area contributed by atoms with Crippen molar-refractivity contribution in [3.8, 4) is 0 Å². The van der Waals surface area contributed by atoms with Gasteiger partial charge in [-0.1, -0.05) is 5.21 Å². The second-order valence-electron chi connectivity index (χ2n) is 6.18. The molecule has 1 aliphatic heterocycles. The molecule has 2 amide bonds. The van der Waals surface area contributed by atoms with E-state index in [4.69, 9.17) is 4.74 Å². The van der Waals surface area contributed by atoms with Gasteiger partial charge in [0.1, 0.15) is 5.69 Å². The fourth-order valence-electron chi connectivity index (χ4n) is 2.65. The minimum absolute atomic E-state index is 0.00501. The molecule has 0 N–H and O–H groups in total. The molecule has 0 fully saturated rings. The first-order chi connectivity index (χ1) is 10.4. The maximum absolute atomic E-state index is 12.2. The van der Waals surface area contributed by atoms with Crippen molar-refractivity contribution in [2.45, 2.75) is 12.5 Å². The van der Waals surface area contributed by atoms with Crippen LogP contribution in [-0.2, 0) is 18.3 Å². The molecule has 0 saturated heterocycles. The third-order valence-electron chi connectivity index (χ3n) is 3.77. The predicted octanol–water partition coefficient (Wildman–Crippen LogP) is -0.0259. The molecule has 2 rings (SSSR count). The fraction of sp³-hybridized carbons (Fsp3) is 0.786. The van der Waals surface area contributed by atoms with Gasteiger partial charge < -0.3 is 19.4 Å².